The lowest BCUT2D eigenvalue weighted by Gasteiger charge is -2.22. The predicted octanol–water partition coefficient (Wildman–Crippen LogP) is 12.1. The van der Waals surface area contributed by atoms with Gasteiger partial charge in [0, 0.05) is 61.0 Å². The minimum absolute atomic E-state index is 0.0960. The van der Waals surface area contributed by atoms with Crippen LogP contribution in [0.25, 0.3) is 64.7 Å². The molecule has 0 N–H and O–H groups in total. The van der Waals surface area contributed by atoms with Crippen LogP contribution in [0, 0.1) is 13.8 Å². The highest BCUT2D eigenvalue weighted by Gasteiger charge is 2.20. The lowest BCUT2D eigenvalue weighted by Crippen LogP contribution is -2.12. The van der Waals surface area contributed by atoms with Gasteiger partial charge in [0.2, 0.25) is 0 Å². The second-order valence-corrected chi connectivity index (χ2v) is 15.2. The van der Waals surface area contributed by atoms with Crippen LogP contribution in [0.3, 0.4) is 0 Å². The van der Waals surface area contributed by atoms with Gasteiger partial charge >= 0.3 is 0 Å². The molecule has 0 fully saturated rings. The average Bonchev–Trinajstić information content (AvgIpc) is 3.82. The normalized spacial score (nSPS) is 12.1. The first-order chi connectivity index (χ1) is 24.2. The lowest BCUT2D eigenvalue weighted by molar-refractivity contribution is 0.483. The van der Waals surface area contributed by atoms with Crippen molar-refractivity contribution in [3.05, 3.63) is 144 Å². The Balaban J connectivity index is 1.11. The molecule has 0 bridgehead atoms. The maximum atomic E-state index is 6.58. The third-order valence-electron chi connectivity index (χ3n) is 9.68. The standard InChI is InChI=1S/C44H36N4OS/c1-27-23-29(44(3,4)5)24-28(2)41(27)36-20-22-47(46-36)30-11-10-12-31(25-30)49-32-16-17-33-34-18-19-39-42(35-13-6-7-14-38(35)50-39)43(34)48(37(33)26-32)40-15-8-9-21-45-40/h6-26H,1-5H3. The summed E-state index contributed by atoms with van der Waals surface area (Å²) in [5.74, 6) is 2.38. The summed E-state index contributed by atoms with van der Waals surface area (Å²) in [5, 5.41) is 9.90. The van der Waals surface area contributed by atoms with Gasteiger partial charge in [-0.25, -0.2) is 9.67 Å². The second-order valence-electron chi connectivity index (χ2n) is 14.1. The van der Waals surface area contributed by atoms with Crippen molar-refractivity contribution in [3.8, 4) is 34.3 Å². The van der Waals surface area contributed by atoms with Gasteiger partial charge in [-0.2, -0.15) is 5.10 Å². The largest absolute Gasteiger partial charge is 0.457 e. The Bertz CT molecular complexity index is 2720. The number of ether oxygens (including phenoxy) is 1. The molecule has 5 aromatic carbocycles. The number of fused-ring (bicyclic) bond motifs is 7. The van der Waals surface area contributed by atoms with E-state index in [1.54, 1.807) is 0 Å². The van der Waals surface area contributed by atoms with Crippen LogP contribution < -0.4 is 4.74 Å². The molecule has 0 saturated carbocycles. The van der Waals surface area contributed by atoms with Crippen LogP contribution in [-0.2, 0) is 5.41 Å². The highest BCUT2D eigenvalue weighted by Crippen LogP contribution is 2.43. The van der Waals surface area contributed by atoms with Crippen LogP contribution in [0.4, 0.5) is 0 Å². The van der Waals surface area contributed by atoms with Gasteiger partial charge in [-0.05, 0) is 90.6 Å². The van der Waals surface area contributed by atoms with Gasteiger partial charge in [0.25, 0.3) is 0 Å². The fourth-order valence-corrected chi connectivity index (χ4v) is 8.42. The third kappa shape index (κ3) is 4.98. The van der Waals surface area contributed by atoms with Gasteiger partial charge in [-0.1, -0.05) is 69.3 Å². The number of hydrogen-bond donors (Lipinski definition) is 0. The van der Waals surface area contributed by atoms with Crippen LogP contribution in [0.1, 0.15) is 37.5 Å². The molecular formula is C44H36N4OS. The fourth-order valence-electron chi connectivity index (χ4n) is 7.31. The molecule has 9 rings (SSSR count). The van der Waals surface area contributed by atoms with E-state index in [0.717, 1.165) is 39.6 Å². The van der Waals surface area contributed by atoms with E-state index in [1.165, 1.54) is 53.3 Å². The molecule has 0 spiro atoms. The zero-order chi connectivity index (χ0) is 34.1. The second kappa shape index (κ2) is 11.4. The Morgan fingerprint density at radius 2 is 1.46 bits per heavy atom. The molecule has 0 amide bonds. The molecule has 6 heteroatoms. The molecular weight excluding hydrogens is 633 g/mol. The zero-order valence-corrected chi connectivity index (χ0v) is 29.5. The number of aromatic nitrogens is 4. The van der Waals surface area contributed by atoms with E-state index in [9.17, 15) is 0 Å². The van der Waals surface area contributed by atoms with Crippen molar-refractivity contribution in [3.63, 3.8) is 0 Å². The Kier molecular flexibility index (Phi) is 6.94. The van der Waals surface area contributed by atoms with Crippen molar-refractivity contribution in [1.29, 1.82) is 0 Å². The number of aryl methyl sites for hydroxylation is 2. The first-order valence-electron chi connectivity index (χ1n) is 17.0. The first-order valence-corrected chi connectivity index (χ1v) is 17.8. The highest BCUT2D eigenvalue weighted by atomic mass is 32.1. The number of rotatable bonds is 5. The zero-order valence-electron chi connectivity index (χ0n) is 28.7. The lowest BCUT2D eigenvalue weighted by atomic mass is 9.83. The van der Waals surface area contributed by atoms with E-state index in [1.807, 2.05) is 58.7 Å². The number of pyridine rings is 1. The van der Waals surface area contributed by atoms with E-state index >= 15 is 0 Å². The van der Waals surface area contributed by atoms with Crippen LogP contribution in [0.2, 0.25) is 0 Å². The maximum absolute atomic E-state index is 6.58. The van der Waals surface area contributed by atoms with Crippen molar-refractivity contribution in [1.82, 2.24) is 19.3 Å². The molecule has 0 aliphatic carbocycles. The SMILES string of the molecule is Cc1cc(C(C)(C)C)cc(C)c1-c1ccn(-c2cccc(Oc3ccc4c5ccc6sc7ccccc7c6c5n(-c5ccccn5)c4c3)c2)n1. The first kappa shape index (κ1) is 30.3. The predicted molar refractivity (Wildman–Crippen MR) is 209 cm³/mol. The number of thiophene rings is 1. The van der Waals surface area contributed by atoms with Crippen molar-refractivity contribution >= 4 is 53.3 Å². The number of hydrogen-bond acceptors (Lipinski definition) is 4. The van der Waals surface area contributed by atoms with Crippen molar-refractivity contribution in [2.75, 3.05) is 0 Å². The van der Waals surface area contributed by atoms with E-state index in [-0.39, 0.29) is 5.41 Å². The molecule has 0 unspecified atom stereocenters. The molecule has 0 aliphatic heterocycles. The van der Waals surface area contributed by atoms with Gasteiger partial charge in [0.15, 0.2) is 0 Å². The number of benzene rings is 5. The molecule has 244 valence electrons. The van der Waals surface area contributed by atoms with Gasteiger partial charge in [-0.15, -0.1) is 11.3 Å². The molecule has 4 aromatic heterocycles. The van der Waals surface area contributed by atoms with E-state index in [2.05, 4.69) is 124 Å². The monoisotopic (exact) mass is 668 g/mol. The quantitative estimate of drug-likeness (QED) is 0.183. The van der Waals surface area contributed by atoms with Crippen LogP contribution >= 0.6 is 11.3 Å². The Morgan fingerprint density at radius 1 is 0.680 bits per heavy atom. The van der Waals surface area contributed by atoms with E-state index in [0.29, 0.717) is 0 Å². The minimum atomic E-state index is 0.0960. The van der Waals surface area contributed by atoms with Crippen LogP contribution in [0.15, 0.2) is 128 Å². The highest BCUT2D eigenvalue weighted by molar-refractivity contribution is 7.26. The smallest absolute Gasteiger partial charge is 0.137 e. The summed E-state index contributed by atoms with van der Waals surface area (Å²) in [6.45, 7) is 11.1. The molecule has 0 aliphatic rings. The molecule has 4 heterocycles. The summed E-state index contributed by atoms with van der Waals surface area (Å²) in [6.07, 6.45) is 3.88. The number of nitrogens with zero attached hydrogens (tertiary/aromatic N) is 4. The summed E-state index contributed by atoms with van der Waals surface area (Å²) in [5.41, 5.74) is 9.22. The summed E-state index contributed by atoms with van der Waals surface area (Å²) < 4.78 is 13.3. The molecule has 50 heavy (non-hydrogen) atoms. The summed E-state index contributed by atoms with van der Waals surface area (Å²) in [6, 6.07) is 40.4. The van der Waals surface area contributed by atoms with Gasteiger partial charge in [-0.3, -0.25) is 4.57 Å². The minimum Gasteiger partial charge on any atom is -0.457 e. The Hall–Kier alpha value is -5.72. The molecule has 0 radical (unpaired) electrons. The summed E-state index contributed by atoms with van der Waals surface area (Å²) >= 11 is 1.83. The Labute approximate surface area is 295 Å². The topological polar surface area (TPSA) is 44.9 Å². The van der Waals surface area contributed by atoms with Gasteiger partial charge < -0.3 is 4.74 Å². The summed E-state index contributed by atoms with van der Waals surface area (Å²) in [4.78, 5) is 4.82. The Morgan fingerprint density at radius 3 is 2.26 bits per heavy atom. The molecule has 0 saturated heterocycles. The average molecular weight is 669 g/mol. The third-order valence-corrected chi connectivity index (χ3v) is 10.8. The summed E-state index contributed by atoms with van der Waals surface area (Å²) in [7, 11) is 0. The van der Waals surface area contributed by atoms with Crippen molar-refractivity contribution in [2.45, 2.75) is 40.0 Å². The van der Waals surface area contributed by atoms with Crippen molar-refractivity contribution < 1.29 is 4.74 Å². The van der Waals surface area contributed by atoms with E-state index < -0.39 is 0 Å². The molecule has 5 nitrogen and oxygen atoms in total. The van der Waals surface area contributed by atoms with E-state index in [4.69, 9.17) is 14.8 Å². The maximum Gasteiger partial charge on any atom is 0.137 e. The van der Waals surface area contributed by atoms with Gasteiger partial charge in [0.1, 0.15) is 17.3 Å². The van der Waals surface area contributed by atoms with Crippen molar-refractivity contribution in [2.24, 2.45) is 0 Å². The van der Waals surface area contributed by atoms with Crippen LogP contribution in [0.5, 0.6) is 11.5 Å². The van der Waals surface area contributed by atoms with Crippen LogP contribution in [-0.4, -0.2) is 19.3 Å². The van der Waals surface area contributed by atoms with Gasteiger partial charge in [0.05, 0.1) is 22.4 Å². The molecule has 0 atom stereocenters. The fraction of sp³-hybridized carbons (Fsp3) is 0.136. The molecule has 9 aromatic rings.